The number of sulfone groups is 1. The summed E-state index contributed by atoms with van der Waals surface area (Å²) >= 11 is 0. The highest BCUT2D eigenvalue weighted by atomic mass is 32.2. The van der Waals surface area contributed by atoms with Crippen molar-refractivity contribution in [2.45, 2.75) is 32.7 Å². The normalized spacial score (nSPS) is 13.5. The monoisotopic (exact) mass is 269 g/mol. The Morgan fingerprint density at radius 2 is 1.94 bits per heavy atom. The van der Waals surface area contributed by atoms with Gasteiger partial charge in [0, 0.05) is 12.3 Å². The standard InChI is InChI=1S/C14H23NO2S/c1-4-10-15-14(9-11-18(3,16)17)13-8-6-5-7-12(13)2/h5-8,14-15H,4,9-11H2,1-3H3. The number of nitrogens with one attached hydrogen (secondary N) is 1. The summed E-state index contributed by atoms with van der Waals surface area (Å²) in [5, 5.41) is 3.43. The summed E-state index contributed by atoms with van der Waals surface area (Å²) in [6, 6.07) is 8.28. The molecule has 0 saturated carbocycles. The lowest BCUT2D eigenvalue weighted by Crippen LogP contribution is -2.25. The molecule has 1 aromatic carbocycles. The molecule has 18 heavy (non-hydrogen) atoms. The van der Waals surface area contributed by atoms with Gasteiger partial charge in [0.05, 0.1) is 5.75 Å². The molecule has 0 fully saturated rings. The van der Waals surface area contributed by atoms with Gasteiger partial charge in [-0.15, -0.1) is 0 Å². The van der Waals surface area contributed by atoms with Crippen LogP contribution in [0.15, 0.2) is 24.3 Å². The summed E-state index contributed by atoms with van der Waals surface area (Å²) < 4.78 is 22.6. The van der Waals surface area contributed by atoms with Crippen LogP contribution in [0.5, 0.6) is 0 Å². The lowest BCUT2D eigenvalue weighted by molar-refractivity contribution is 0.512. The van der Waals surface area contributed by atoms with Crippen LogP contribution in [0.3, 0.4) is 0 Å². The van der Waals surface area contributed by atoms with Crippen molar-refractivity contribution in [2.24, 2.45) is 0 Å². The number of rotatable bonds is 7. The predicted octanol–water partition coefficient (Wildman–Crippen LogP) is 2.47. The van der Waals surface area contributed by atoms with Gasteiger partial charge in [-0.2, -0.15) is 0 Å². The van der Waals surface area contributed by atoms with Crippen LogP contribution in [0.25, 0.3) is 0 Å². The Kier molecular flexibility index (Phi) is 5.82. The van der Waals surface area contributed by atoms with Gasteiger partial charge in [-0.1, -0.05) is 31.2 Å². The third kappa shape index (κ3) is 5.19. The van der Waals surface area contributed by atoms with Crippen molar-refractivity contribution < 1.29 is 8.42 Å². The zero-order valence-corrected chi connectivity index (χ0v) is 12.3. The summed E-state index contributed by atoms with van der Waals surface area (Å²) in [5.41, 5.74) is 2.41. The Labute approximate surface area is 111 Å². The molecule has 0 bridgehead atoms. The molecule has 0 aliphatic rings. The third-order valence-electron chi connectivity index (χ3n) is 2.98. The molecule has 1 rings (SSSR count). The summed E-state index contributed by atoms with van der Waals surface area (Å²) in [6.45, 7) is 5.08. The van der Waals surface area contributed by atoms with Crippen molar-refractivity contribution in [3.05, 3.63) is 35.4 Å². The van der Waals surface area contributed by atoms with Gasteiger partial charge in [0.25, 0.3) is 0 Å². The minimum atomic E-state index is -2.91. The first-order chi connectivity index (χ1) is 8.44. The second-order valence-corrected chi connectivity index (χ2v) is 7.04. The second-order valence-electron chi connectivity index (χ2n) is 4.78. The Bertz CT molecular complexity index is 468. The lowest BCUT2D eigenvalue weighted by atomic mass is 9.99. The predicted molar refractivity (Wildman–Crippen MR) is 76.5 cm³/mol. The SMILES string of the molecule is CCCNC(CCS(C)(=O)=O)c1ccccc1C. The summed E-state index contributed by atoms with van der Waals surface area (Å²) in [6.07, 6.45) is 2.96. The molecule has 0 radical (unpaired) electrons. The molecule has 0 saturated heterocycles. The first-order valence-corrected chi connectivity index (χ1v) is 8.46. The van der Waals surface area contributed by atoms with Gasteiger partial charge < -0.3 is 5.32 Å². The summed E-state index contributed by atoms with van der Waals surface area (Å²) in [7, 11) is -2.91. The highest BCUT2D eigenvalue weighted by Gasteiger charge is 2.15. The van der Waals surface area contributed by atoms with E-state index in [1.165, 1.54) is 17.4 Å². The van der Waals surface area contributed by atoms with Crippen LogP contribution in [0.4, 0.5) is 0 Å². The Balaban J connectivity index is 2.81. The molecule has 0 heterocycles. The molecule has 1 atom stereocenters. The van der Waals surface area contributed by atoms with Gasteiger partial charge in [0.15, 0.2) is 0 Å². The minimum Gasteiger partial charge on any atom is -0.310 e. The number of hydrogen-bond acceptors (Lipinski definition) is 3. The van der Waals surface area contributed by atoms with Crippen molar-refractivity contribution in [1.82, 2.24) is 5.32 Å². The van der Waals surface area contributed by atoms with Crippen LogP contribution < -0.4 is 5.32 Å². The molecule has 1 unspecified atom stereocenters. The van der Waals surface area contributed by atoms with E-state index < -0.39 is 9.84 Å². The average molecular weight is 269 g/mol. The van der Waals surface area contributed by atoms with Gasteiger partial charge >= 0.3 is 0 Å². The van der Waals surface area contributed by atoms with Crippen molar-refractivity contribution in [2.75, 3.05) is 18.6 Å². The van der Waals surface area contributed by atoms with E-state index in [0.717, 1.165) is 13.0 Å². The molecule has 0 spiro atoms. The van der Waals surface area contributed by atoms with Crippen molar-refractivity contribution in [3.8, 4) is 0 Å². The maximum atomic E-state index is 11.3. The smallest absolute Gasteiger partial charge is 0.147 e. The van der Waals surface area contributed by atoms with E-state index in [0.29, 0.717) is 6.42 Å². The van der Waals surface area contributed by atoms with Gasteiger partial charge in [-0.25, -0.2) is 8.42 Å². The molecule has 0 amide bonds. The van der Waals surface area contributed by atoms with Crippen molar-refractivity contribution in [1.29, 1.82) is 0 Å². The third-order valence-corrected chi connectivity index (χ3v) is 3.96. The average Bonchev–Trinajstić information content (AvgIpc) is 2.29. The summed E-state index contributed by atoms with van der Waals surface area (Å²) in [4.78, 5) is 0. The zero-order chi connectivity index (χ0) is 13.6. The van der Waals surface area contributed by atoms with Gasteiger partial charge in [0.2, 0.25) is 0 Å². The van der Waals surface area contributed by atoms with Crippen LogP contribution >= 0.6 is 0 Å². The van der Waals surface area contributed by atoms with E-state index in [-0.39, 0.29) is 11.8 Å². The molecular weight excluding hydrogens is 246 g/mol. The van der Waals surface area contributed by atoms with E-state index in [2.05, 4.69) is 31.3 Å². The van der Waals surface area contributed by atoms with E-state index in [1.807, 2.05) is 12.1 Å². The molecule has 102 valence electrons. The lowest BCUT2D eigenvalue weighted by Gasteiger charge is -2.20. The van der Waals surface area contributed by atoms with Crippen LogP contribution in [-0.2, 0) is 9.84 Å². The topological polar surface area (TPSA) is 46.2 Å². The van der Waals surface area contributed by atoms with Gasteiger partial charge in [0.1, 0.15) is 9.84 Å². The highest BCUT2D eigenvalue weighted by Crippen LogP contribution is 2.21. The van der Waals surface area contributed by atoms with Gasteiger partial charge in [-0.05, 0) is 37.4 Å². The van der Waals surface area contributed by atoms with Crippen LogP contribution in [0.2, 0.25) is 0 Å². The van der Waals surface area contributed by atoms with E-state index in [4.69, 9.17) is 0 Å². The maximum absolute atomic E-state index is 11.3. The molecule has 1 aromatic rings. The fourth-order valence-electron chi connectivity index (χ4n) is 2.00. The van der Waals surface area contributed by atoms with Crippen LogP contribution in [0.1, 0.15) is 36.9 Å². The Morgan fingerprint density at radius 1 is 1.28 bits per heavy atom. The maximum Gasteiger partial charge on any atom is 0.147 e. The van der Waals surface area contributed by atoms with E-state index in [1.54, 1.807) is 0 Å². The zero-order valence-electron chi connectivity index (χ0n) is 11.4. The molecule has 0 aromatic heterocycles. The number of hydrogen-bond donors (Lipinski definition) is 1. The van der Waals surface area contributed by atoms with Crippen molar-refractivity contribution >= 4 is 9.84 Å². The fourth-order valence-corrected chi connectivity index (χ4v) is 2.66. The van der Waals surface area contributed by atoms with E-state index in [9.17, 15) is 8.42 Å². The Hall–Kier alpha value is -0.870. The first-order valence-electron chi connectivity index (χ1n) is 6.40. The quantitative estimate of drug-likeness (QED) is 0.827. The van der Waals surface area contributed by atoms with Crippen LogP contribution in [0, 0.1) is 6.92 Å². The largest absolute Gasteiger partial charge is 0.310 e. The molecule has 4 heteroatoms. The molecule has 1 N–H and O–H groups in total. The minimum absolute atomic E-state index is 0.126. The van der Waals surface area contributed by atoms with Crippen molar-refractivity contribution in [3.63, 3.8) is 0 Å². The molecular formula is C14H23NO2S. The van der Waals surface area contributed by atoms with E-state index >= 15 is 0 Å². The molecule has 0 aliphatic carbocycles. The fraction of sp³-hybridized carbons (Fsp3) is 0.571. The van der Waals surface area contributed by atoms with Crippen LogP contribution in [-0.4, -0.2) is 27.0 Å². The molecule has 0 aliphatic heterocycles. The van der Waals surface area contributed by atoms with Gasteiger partial charge in [-0.3, -0.25) is 0 Å². The number of benzene rings is 1. The first kappa shape index (κ1) is 15.2. The number of aryl methyl sites for hydroxylation is 1. The second kappa shape index (κ2) is 6.90. The summed E-state index contributed by atoms with van der Waals surface area (Å²) in [5.74, 6) is 0.225. The highest BCUT2D eigenvalue weighted by molar-refractivity contribution is 7.90. The Morgan fingerprint density at radius 3 is 2.50 bits per heavy atom. The molecule has 3 nitrogen and oxygen atoms in total.